The topological polar surface area (TPSA) is 38.8 Å². The average Bonchev–Trinajstić information content (AvgIpc) is 2.65. The van der Waals surface area contributed by atoms with Crippen molar-refractivity contribution in [2.45, 2.75) is 20.3 Å². The Morgan fingerprint density at radius 2 is 2.19 bits per heavy atom. The van der Waals surface area contributed by atoms with Gasteiger partial charge in [-0.15, -0.1) is 0 Å². The highest BCUT2D eigenvalue weighted by molar-refractivity contribution is 5.73. The van der Waals surface area contributed by atoms with Gasteiger partial charge in [-0.1, -0.05) is 6.92 Å². The van der Waals surface area contributed by atoms with Gasteiger partial charge in [0.05, 0.1) is 13.0 Å². The van der Waals surface area contributed by atoms with Crippen LogP contribution in [0.1, 0.15) is 20.3 Å². The van der Waals surface area contributed by atoms with Crippen LogP contribution in [0.2, 0.25) is 0 Å². The van der Waals surface area contributed by atoms with Crippen LogP contribution in [-0.4, -0.2) is 50.8 Å². The highest BCUT2D eigenvalue weighted by Crippen LogP contribution is 2.23. The van der Waals surface area contributed by atoms with Gasteiger partial charge in [-0.05, 0) is 19.3 Å². The third-order valence-corrected chi connectivity index (χ3v) is 3.16. The minimum absolute atomic E-state index is 0.0529. The SMILES string of the molecule is CCOCCCN1CC(C)C(C(=O)OC)C1. The summed E-state index contributed by atoms with van der Waals surface area (Å²) in [6.45, 7) is 8.55. The van der Waals surface area contributed by atoms with E-state index in [0.29, 0.717) is 5.92 Å². The lowest BCUT2D eigenvalue weighted by molar-refractivity contribution is -0.146. The van der Waals surface area contributed by atoms with Crippen molar-refractivity contribution < 1.29 is 14.3 Å². The second-order valence-corrected chi connectivity index (χ2v) is 4.42. The van der Waals surface area contributed by atoms with Crippen LogP contribution >= 0.6 is 0 Å². The molecule has 0 amide bonds. The predicted octanol–water partition coefficient (Wildman–Crippen LogP) is 1.15. The minimum atomic E-state index is -0.0696. The molecule has 2 unspecified atom stereocenters. The number of hydrogen-bond acceptors (Lipinski definition) is 4. The molecule has 1 aliphatic rings. The van der Waals surface area contributed by atoms with E-state index >= 15 is 0 Å². The molecule has 0 aromatic rings. The monoisotopic (exact) mass is 229 g/mol. The average molecular weight is 229 g/mol. The van der Waals surface area contributed by atoms with Gasteiger partial charge in [-0.2, -0.15) is 0 Å². The molecule has 0 N–H and O–H groups in total. The summed E-state index contributed by atoms with van der Waals surface area (Å²) < 4.78 is 10.1. The molecule has 1 fully saturated rings. The summed E-state index contributed by atoms with van der Waals surface area (Å²) in [7, 11) is 1.47. The van der Waals surface area contributed by atoms with E-state index in [1.54, 1.807) is 0 Å². The first kappa shape index (κ1) is 13.5. The van der Waals surface area contributed by atoms with Crippen LogP contribution in [0.25, 0.3) is 0 Å². The van der Waals surface area contributed by atoms with Crippen LogP contribution in [0.4, 0.5) is 0 Å². The first-order valence-electron chi connectivity index (χ1n) is 6.07. The number of carbonyl (C=O) groups excluding carboxylic acids is 1. The fourth-order valence-electron chi connectivity index (χ4n) is 2.24. The molecule has 0 aromatic heterocycles. The molecule has 4 heteroatoms. The Hall–Kier alpha value is -0.610. The first-order valence-corrected chi connectivity index (χ1v) is 6.07. The standard InChI is InChI=1S/C12H23NO3/c1-4-16-7-5-6-13-8-10(2)11(9-13)12(14)15-3/h10-11H,4-9H2,1-3H3. The van der Waals surface area contributed by atoms with Gasteiger partial charge < -0.3 is 14.4 Å². The van der Waals surface area contributed by atoms with Gasteiger partial charge in [0.2, 0.25) is 0 Å². The van der Waals surface area contributed by atoms with E-state index in [-0.39, 0.29) is 11.9 Å². The number of carbonyl (C=O) groups is 1. The molecule has 0 saturated carbocycles. The van der Waals surface area contributed by atoms with E-state index in [1.165, 1.54) is 7.11 Å². The second-order valence-electron chi connectivity index (χ2n) is 4.42. The molecule has 1 saturated heterocycles. The number of hydrogen-bond donors (Lipinski definition) is 0. The lowest BCUT2D eigenvalue weighted by atomic mass is 9.99. The Balaban J connectivity index is 2.24. The molecule has 0 spiro atoms. The fourth-order valence-corrected chi connectivity index (χ4v) is 2.24. The van der Waals surface area contributed by atoms with Gasteiger partial charge in [0.1, 0.15) is 0 Å². The number of nitrogens with zero attached hydrogens (tertiary/aromatic N) is 1. The highest BCUT2D eigenvalue weighted by Gasteiger charge is 2.34. The third kappa shape index (κ3) is 3.76. The summed E-state index contributed by atoms with van der Waals surface area (Å²) >= 11 is 0. The lowest BCUT2D eigenvalue weighted by Gasteiger charge is -2.14. The minimum Gasteiger partial charge on any atom is -0.469 e. The summed E-state index contributed by atoms with van der Waals surface area (Å²) in [5, 5.41) is 0. The van der Waals surface area contributed by atoms with E-state index in [0.717, 1.165) is 39.3 Å². The lowest BCUT2D eigenvalue weighted by Crippen LogP contribution is -2.25. The van der Waals surface area contributed by atoms with Crippen molar-refractivity contribution in [3.05, 3.63) is 0 Å². The zero-order valence-electron chi connectivity index (χ0n) is 10.6. The summed E-state index contributed by atoms with van der Waals surface area (Å²) in [6, 6.07) is 0. The highest BCUT2D eigenvalue weighted by atomic mass is 16.5. The maximum atomic E-state index is 11.5. The Labute approximate surface area is 97.9 Å². The molecule has 4 nitrogen and oxygen atoms in total. The van der Waals surface area contributed by atoms with Gasteiger partial charge in [-0.3, -0.25) is 4.79 Å². The van der Waals surface area contributed by atoms with E-state index in [9.17, 15) is 4.79 Å². The number of ether oxygens (including phenoxy) is 2. The van der Waals surface area contributed by atoms with Crippen molar-refractivity contribution in [2.75, 3.05) is 40.0 Å². The molecular weight excluding hydrogens is 206 g/mol. The molecule has 1 aliphatic heterocycles. The maximum Gasteiger partial charge on any atom is 0.310 e. The summed E-state index contributed by atoms with van der Waals surface area (Å²) in [5.41, 5.74) is 0. The van der Waals surface area contributed by atoms with E-state index in [1.807, 2.05) is 6.92 Å². The van der Waals surface area contributed by atoms with Gasteiger partial charge in [0.15, 0.2) is 0 Å². The van der Waals surface area contributed by atoms with E-state index < -0.39 is 0 Å². The molecule has 1 rings (SSSR count). The maximum absolute atomic E-state index is 11.5. The molecule has 0 aliphatic carbocycles. The van der Waals surface area contributed by atoms with Crippen LogP contribution in [-0.2, 0) is 14.3 Å². The predicted molar refractivity (Wildman–Crippen MR) is 62.2 cm³/mol. The number of esters is 1. The van der Waals surface area contributed by atoms with Crippen molar-refractivity contribution in [1.82, 2.24) is 4.90 Å². The summed E-state index contributed by atoms with van der Waals surface area (Å²) in [6.07, 6.45) is 1.04. The summed E-state index contributed by atoms with van der Waals surface area (Å²) in [5.74, 6) is 0.386. The first-order chi connectivity index (χ1) is 7.69. The third-order valence-electron chi connectivity index (χ3n) is 3.16. The summed E-state index contributed by atoms with van der Waals surface area (Å²) in [4.78, 5) is 13.8. The number of likely N-dealkylation sites (tertiary alicyclic amines) is 1. The molecule has 94 valence electrons. The number of rotatable bonds is 6. The van der Waals surface area contributed by atoms with Crippen LogP contribution in [0.15, 0.2) is 0 Å². The van der Waals surface area contributed by atoms with Gasteiger partial charge in [0, 0.05) is 32.8 Å². The molecular formula is C12H23NO3. The Bertz CT molecular complexity index is 220. The normalized spacial score (nSPS) is 25.9. The van der Waals surface area contributed by atoms with Crippen molar-refractivity contribution in [3.63, 3.8) is 0 Å². The van der Waals surface area contributed by atoms with Gasteiger partial charge in [0.25, 0.3) is 0 Å². The smallest absolute Gasteiger partial charge is 0.310 e. The molecule has 1 heterocycles. The van der Waals surface area contributed by atoms with E-state index in [2.05, 4.69) is 11.8 Å². The molecule has 0 radical (unpaired) electrons. The van der Waals surface area contributed by atoms with Crippen molar-refractivity contribution in [2.24, 2.45) is 11.8 Å². The van der Waals surface area contributed by atoms with Gasteiger partial charge >= 0.3 is 5.97 Å². The van der Waals surface area contributed by atoms with Crippen LogP contribution < -0.4 is 0 Å². The Morgan fingerprint density at radius 3 is 2.81 bits per heavy atom. The molecule has 16 heavy (non-hydrogen) atoms. The number of methoxy groups -OCH3 is 1. The van der Waals surface area contributed by atoms with E-state index in [4.69, 9.17) is 9.47 Å². The molecule has 0 aromatic carbocycles. The largest absolute Gasteiger partial charge is 0.469 e. The molecule has 2 atom stereocenters. The van der Waals surface area contributed by atoms with Crippen molar-refractivity contribution in [3.8, 4) is 0 Å². The van der Waals surface area contributed by atoms with Crippen LogP contribution in [0.3, 0.4) is 0 Å². The van der Waals surface area contributed by atoms with Crippen molar-refractivity contribution in [1.29, 1.82) is 0 Å². The Morgan fingerprint density at radius 1 is 1.44 bits per heavy atom. The van der Waals surface area contributed by atoms with Crippen LogP contribution in [0.5, 0.6) is 0 Å². The zero-order chi connectivity index (χ0) is 12.0. The molecule has 0 bridgehead atoms. The fraction of sp³-hybridized carbons (Fsp3) is 0.917. The zero-order valence-corrected chi connectivity index (χ0v) is 10.6. The van der Waals surface area contributed by atoms with Crippen molar-refractivity contribution >= 4 is 5.97 Å². The Kier molecular flexibility index (Phi) is 5.77. The quantitative estimate of drug-likeness (QED) is 0.506. The van der Waals surface area contributed by atoms with Gasteiger partial charge in [-0.25, -0.2) is 0 Å². The second kappa shape index (κ2) is 6.86. The van der Waals surface area contributed by atoms with Crippen LogP contribution in [0, 0.1) is 11.8 Å².